The quantitative estimate of drug-likeness (QED) is 0.524. The number of benzene rings is 1. The smallest absolute Gasteiger partial charge is 0.152 e. The molecule has 1 atom stereocenters. The topological polar surface area (TPSA) is 81.5 Å². The molecule has 3 heterocycles. The Kier molecular flexibility index (Phi) is 4.81. The molecule has 1 unspecified atom stereocenters. The molecule has 0 radical (unpaired) electrons. The molecule has 1 saturated heterocycles. The SMILES string of the molecule is CCN(C)c1cccnc1N1CCN(c2cc3cc(N)ccc3[nH]2)C(C=O)C1. The van der Waals surface area contributed by atoms with Crippen LogP contribution in [-0.4, -0.2) is 55.5 Å². The monoisotopic (exact) mass is 378 g/mol. The number of H-pyrrole nitrogens is 1. The van der Waals surface area contributed by atoms with E-state index in [2.05, 4.69) is 50.8 Å². The van der Waals surface area contributed by atoms with E-state index in [4.69, 9.17) is 5.73 Å². The Bertz CT molecular complexity index is 984. The number of aromatic nitrogens is 2. The van der Waals surface area contributed by atoms with E-state index < -0.39 is 0 Å². The van der Waals surface area contributed by atoms with Crippen molar-refractivity contribution in [1.29, 1.82) is 0 Å². The largest absolute Gasteiger partial charge is 0.399 e. The molecule has 0 amide bonds. The van der Waals surface area contributed by atoms with Gasteiger partial charge in [0.25, 0.3) is 0 Å². The Morgan fingerprint density at radius 3 is 2.96 bits per heavy atom. The number of carbonyl (C=O) groups excluding carboxylic acids is 1. The van der Waals surface area contributed by atoms with Crippen LogP contribution in [0, 0.1) is 0 Å². The molecule has 1 aromatic carbocycles. The summed E-state index contributed by atoms with van der Waals surface area (Å²) >= 11 is 0. The predicted octanol–water partition coefficient (Wildman–Crippen LogP) is 2.50. The number of hydrogen-bond acceptors (Lipinski definition) is 6. The highest BCUT2D eigenvalue weighted by Crippen LogP contribution is 2.30. The number of anilines is 4. The lowest BCUT2D eigenvalue weighted by atomic mass is 10.1. The fraction of sp³-hybridized carbons (Fsp3) is 0.333. The van der Waals surface area contributed by atoms with Crippen molar-refractivity contribution in [3.05, 3.63) is 42.6 Å². The van der Waals surface area contributed by atoms with Crippen molar-refractivity contribution >= 4 is 40.2 Å². The van der Waals surface area contributed by atoms with Crippen molar-refractivity contribution in [3.8, 4) is 0 Å². The maximum atomic E-state index is 11.9. The minimum Gasteiger partial charge on any atom is -0.399 e. The summed E-state index contributed by atoms with van der Waals surface area (Å²) in [6, 6.07) is 11.6. The average Bonchev–Trinajstić information content (AvgIpc) is 3.15. The van der Waals surface area contributed by atoms with Gasteiger partial charge in [-0.25, -0.2) is 4.98 Å². The van der Waals surface area contributed by atoms with Gasteiger partial charge >= 0.3 is 0 Å². The van der Waals surface area contributed by atoms with Gasteiger partial charge in [-0.3, -0.25) is 0 Å². The van der Waals surface area contributed by atoms with Crippen LogP contribution in [0.25, 0.3) is 10.9 Å². The second-order valence-corrected chi connectivity index (χ2v) is 7.20. The van der Waals surface area contributed by atoms with E-state index >= 15 is 0 Å². The number of aldehydes is 1. The molecule has 0 spiro atoms. The molecule has 3 aromatic rings. The number of pyridine rings is 1. The van der Waals surface area contributed by atoms with Crippen molar-refractivity contribution in [1.82, 2.24) is 9.97 Å². The fourth-order valence-electron chi connectivity index (χ4n) is 3.81. The van der Waals surface area contributed by atoms with E-state index in [0.717, 1.165) is 59.8 Å². The van der Waals surface area contributed by atoms with Crippen LogP contribution < -0.4 is 20.4 Å². The Morgan fingerprint density at radius 2 is 2.18 bits per heavy atom. The maximum Gasteiger partial charge on any atom is 0.152 e. The van der Waals surface area contributed by atoms with Crippen LogP contribution in [0.5, 0.6) is 0 Å². The number of fused-ring (bicyclic) bond motifs is 1. The average molecular weight is 378 g/mol. The summed E-state index contributed by atoms with van der Waals surface area (Å²) in [5.41, 5.74) is 8.74. The maximum absolute atomic E-state index is 11.9. The highest BCUT2D eigenvalue weighted by molar-refractivity contribution is 5.87. The summed E-state index contributed by atoms with van der Waals surface area (Å²) in [5, 5.41) is 1.05. The molecule has 0 bridgehead atoms. The third-order valence-corrected chi connectivity index (χ3v) is 5.47. The second kappa shape index (κ2) is 7.42. The van der Waals surface area contributed by atoms with Crippen LogP contribution in [0.2, 0.25) is 0 Å². The molecular formula is C21H26N6O. The van der Waals surface area contributed by atoms with Gasteiger partial charge in [0.05, 0.1) is 5.69 Å². The van der Waals surface area contributed by atoms with E-state index in [1.54, 1.807) is 0 Å². The van der Waals surface area contributed by atoms with E-state index in [1.807, 2.05) is 30.5 Å². The van der Waals surface area contributed by atoms with Gasteiger partial charge in [0.1, 0.15) is 18.1 Å². The molecule has 7 heteroatoms. The summed E-state index contributed by atoms with van der Waals surface area (Å²) < 4.78 is 0. The number of nitrogen functional groups attached to an aromatic ring is 1. The van der Waals surface area contributed by atoms with Crippen molar-refractivity contribution in [2.45, 2.75) is 13.0 Å². The van der Waals surface area contributed by atoms with Gasteiger partial charge in [-0.05, 0) is 43.3 Å². The molecule has 1 aliphatic rings. The number of nitrogens with zero attached hydrogens (tertiary/aromatic N) is 4. The Balaban J connectivity index is 1.60. The first-order chi connectivity index (χ1) is 13.6. The first-order valence-corrected chi connectivity index (χ1v) is 9.62. The lowest BCUT2D eigenvalue weighted by molar-refractivity contribution is -0.109. The molecule has 2 aromatic heterocycles. The standard InChI is InChI=1S/C21H26N6O/c1-3-25(2)19-5-4-8-23-21(19)26-9-10-27(17(13-26)14-28)20-12-15-11-16(22)6-7-18(15)24-20/h4-8,11-12,14,17,24H,3,9-10,13,22H2,1-2H3. The minimum atomic E-state index is -0.249. The zero-order chi connectivity index (χ0) is 19.7. The van der Waals surface area contributed by atoms with Gasteiger partial charge < -0.3 is 30.2 Å². The summed E-state index contributed by atoms with van der Waals surface area (Å²) in [5.74, 6) is 1.88. The van der Waals surface area contributed by atoms with Gasteiger partial charge in [-0.2, -0.15) is 0 Å². The van der Waals surface area contributed by atoms with Crippen LogP contribution in [0.3, 0.4) is 0 Å². The number of aromatic amines is 1. The lowest BCUT2D eigenvalue weighted by Crippen LogP contribution is -2.54. The van der Waals surface area contributed by atoms with Crippen LogP contribution in [-0.2, 0) is 4.79 Å². The third kappa shape index (κ3) is 3.24. The Hall–Kier alpha value is -3.22. The minimum absolute atomic E-state index is 0.249. The summed E-state index contributed by atoms with van der Waals surface area (Å²) in [6.07, 6.45) is 2.84. The highest BCUT2D eigenvalue weighted by Gasteiger charge is 2.30. The molecule has 1 aliphatic heterocycles. The first kappa shape index (κ1) is 18.2. The number of nitrogens with two attached hydrogens (primary N) is 1. The first-order valence-electron chi connectivity index (χ1n) is 9.62. The molecule has 3 N–H and O–H groups in total. The molecule has 7 nitrogen and oxygen atoms in total. The van der Waals surface area contributed by atoms with Crippen LogP contribution in [0.1, 0.15) is 6.92 Å². The molecule has 1 fully saturated rings. The Labute approximate surface area is 164 Å². The van der Waals surface area contributed by atoms with E-state index in [9.17, 15) is 4.79 Å². The van der Waals surface area contributed by atoms with Crippen molar-refractivity contribution in [2.75, 3.05) is 53.7 Å². The van der Waals surface area contributed by atoms with E-state index in [-0.39, 0.29) is 6.04 Å². The predicted molar refractivity (Wildman–Crippen MR) is 115 cm³/mol. The lowest BCUT2D eigenvalue weighted by Gasteiger charge is -2.41. The number of nitrogens with one attached hydrogen (secondary N) is 1. The number of piperazine rings is 1. The zero-order valence-corrected chi connectivity index (χ0v) is 16.3. The molecule has 146 valence electrons. The normalized spacial score (nSPS) is 17.1. The van der Waals surface area contributed by atoms with Gasteiger partial charge in [-0.1, -0.05) is 0 Å². The molecule has 28 heavy (non-hydrogen) atoms. The van der Waals surface area contributed by atoms with Crippen LogP contribution in [0.15, 0.2) is 42.6 Å². The molecule has 4 rings (SSSR count). The van der Waals surface area contributed by atoms with E-state index in [1.165, 1.54) is 0 Å². The second-order valence-electron chi connectivity index (χ2n) is 7.20. The van der Waals surface area contributed by atoms with Crippen molar-refractivity contribution < 1.29 is 4.79 Å². The summed E-state index contributed by atoms with van der Waals surface area (Å²) in [4.78, 5) is 26.5. The zero-order valence-electron chi connectivity index (χ0n) is 16.3. The molecular weight excluding hydrogens is 352 g/mol. The number of hydrogen-bond donors (Lipinski definition) is 2. The molecule has 0 aliphatic carbocycles. The van der Waals surface area contributed by atoms with Gasteiger partial charge in [-0.15, -0.1) is 0 Å². The third-order valence-electron chi connectivity index (χ3n) is 5.47. The molecule has 0 saturated carbocycles. The highest BCUT2D eigenvalue weighted by atomic mass is 16.1. The van der Waals surface area contributed by atoms with Crippen molar-refractivity contribution in [2.24, 2.45) is 0 Å². The van der Waals surface area contributed by atoms with Crippen molar-refractivity contribution in [3.63, 3.8) is 0 Å². The van der Waals surface area contributed by atoms with Gasteiger partial charge in [0.2, 0.25) is 0 Å². The van der Waals surface area contributed by atoms with Crippen LogP contribution >= 0.6 is 0 Å². The van der Waals surface area contributed by atoms with Gasteiger partial charge in [0.15, 0.2) is 5.82 Å². The van der Waals surface area contributed by atoms with Crippen LogP contribution in [0.4, 0.5) is 23.0 Å². The summed E-state index contributed by atoms with van der Waals surface area (Å²) in [7, 11) is 2.06. The Morgan fingerprint density at radius 1 is 1.32 bits per heavy atom. The summed E-state index contributed by atoms with van der Waals surface area (Å²) in [6.45, 7) is 5.14. The van der Waals surface area contributed by atoms with Gasteiger partial charge in [0, 0.05) is 56.0 Å². The fourth-order valence-corrected chi connectivity index (χ4v) is 3.81. The number of rotatable bonds is 5. The number of carbonyl (C=O) groups is 1. The van der Waals surface area contributed by atoms with E-state index in [0.29, 0.717) is 6.54 Å².